The second-order valence-electron chi connectivity index (χ2n) is 11.7. The van der Waals surface area contributed by atoms with Gasteiger partial charge in [-0.1, -0.05) is 0 Å². The average molecular weight is 1430 g/mol. The fourth-order valence-corrected chi connectivity index (χ4v) is 14.0. The minimum Gasteiger partial charge on any atom is -0.394 e. The van der Waals surface area contributed by atoms with Crippen molar-refractivity contribution in [3.8, 4) is 0 Å². The van der Waals surface area contributed by atoms with E-state index in [4.69, 9.17) is 0 Å². The summed E-state index contributed by atoms with van der Waals surface area (Å²) in [6.45, 7) is 0.688. The third-order valence-corrected chi connectivity index (χ3v) is 14.1. The number of nitrogens with one attached hydrogen (secondary N) is 3. The molecule has 23 heteroatoms. The number of amides is 4. The molecule has 0 aliphatic carbocycles. The van der Waals surface area contributed by atoms with Gasteiger partial charge in [-0.15, -0.1) is 0 Å². The molecule has 2 rings (SSSR count). The number of aliphatic hydroxyl groups excluding tert-OH is 7. The van der Waals surface area contributed by atoms with E-state index in [0.29, 0.717) is 40.6 Å². The van der Waals surface area contributed by atoms with E-state index in [0.717, 1.165) is 0 Å². The minimum absolute atomic E-state index is 0.0109. The first-order valence-corrected chi connectivity index (χ1v) is 22.2. The van der Waals surface area contributed by atoms with Crippen molar-refractivity contribution >= 4 is 188 Å². The van der Waals surface area contributed by atoms with E-state index in [1.165, 1.54) is 11.9 Å². The molecule has 302 valence electrons. The topological polar surface area (TPSA) is 256 Å². The van der Waals surface area contributed by atoms with E-state index in [2.05, 4.69) is 16.0 Å². The van der Waals surface area contributed by atoms with Gasteiger partial charge in [0, 0.05) is 33.7 Å². The zero-order chi connectivity index (χ0) is 41.4. The van der Waals surface area contributed by atoms with Crippen LogP contribution in [-0.2, 0) is 14.4 Å². The molecule has 54 heavy (non-hydrogen) atoms. The highest BCUT2D eigenvalue weighted by molar-refractivity contribution is 14.1. The summed E-state index contributed by atoms with van der Waals surface area (Å²) in [6.07, 6.45) is -4.09. The summed E-state index contributed by atoms with van der Waals surface area (Å²) in [5.74, 6) is -2.71. The van der Waals surface area contributed by atoms with Gasteiger partial charge in [0.25, 0.3) is 11.8 Å². The van der Waals surface area contributed by atoms with E-state index >= 15 is 0 Å². The highest BCUT2D eigenvalue weighted by Gasteiger charge is 2.34. The number of anilines is 5. The average Bonchev–Trinajstić information content (AvgIpc) is 3.13. The van der Waals surface area contributed by atoms with Gasteiger partial charge >= 0.3 is 0 Å². The van der Waals surface area contributed by atoms with Crippen molar-refractivity contribution in [3.05, 3.63) is 27.0 Å². The van der Waals surface area contributed by atoms with Gasteiger partial charge in [0.05, 0.1) is 87.5 Å². The molecule has 0 bridgehead atoms. The molecule has 4 amide bonds. The standard InChI is InChI=1S/C31H40I6N6O11/c1-5-43(28-19(33)17(31(54)42(4)7-14(49)9-45)18(32)24(23(28)37)40-30(53)15(50)10-46)12(2)29(52)39-26-20(34)25(38-16(51)11-47)21(35)27(22(26)36)41(3)6-13(48)8-44/h12-15,44-50H,5-11H2,1-4H3,(H,38,51)(H,39,52)(H,40,53). The molecule has 0 radical (unpaired) electrons. The summed E-state index contributed by atoms with van der Waals surface area (Å²) in [5.41, 5.74) is 1.78. The quantitative estimate of drug-likeness (QED) is 0.0955. The Morgan fingerprint density at radius 3 is 1.63 bits per heavy atom. The van der Waals surface area contributed by atoms with Crippen LogP contribution in [0.15, 0.2) is 0 Å². The summed E-state index contributed by atoms with van der Waals surface area (Å²) in [7, 11) is 3.11. The first kappa shape index (κ1) is 50.2. The Kier molecular flexibility index (Phi) is 21.3. The van der Waals surface area contributed by atoms with Crippen LogP contribution in [0.25, 0.3) is 0 Å². The molecule has 0 aliphatic heterocycles. The van der Waals surface area contributed by atoms with E-state index in [9.17, 15) is 54.9 Å². The molecule has 0 saturated heterocycles. The first-order chi connectivity index (χ1) is 25.2. The van der Waals surface area contributed by atoms with Crippen LogP contribution < -0.4 is 25.8 Å². The lowest BCUT2D eigenvalue weighted by Crippen LogP contribution is -2.44. The molecule has 0 heterocycles. The maximum atomic E-state index is 14.3. The zero-order valence-corrected chi connectivity index (χ0v) is 42.1. The highest BCUT2D eigenvalue weighted by Crippen LogP contribution is 2.45. The Hall–Kier alpha value is 0.0200. The lowest BCUT2D eigenvalue weighted by Gasteiger charge is -2.34. The number of hydrogen-bond donors (Lipinski definition) is 10. The molecule has 0 fully saturated rings. The summed E-state index contributed by atoms with van der Waals surface area (Å²) in [6, 6.07) is -0.959. The second kappa shape index (κ2) is 23.0. The van der Waals surface area contributed by atoms with Crippen LogP contribution in [0, 0.1) is 21.4 Å². The van der Waals surface area contributed by atoms with E-state index in [-0.39, 0.29) is 34.5 Å². The van der Waals surface area contributed by atoms with Gasteiger partial charge < -0.3 is 66.4 Å². The largest absolute Gasteiger partial charge is 0.394 e. The number of aliphatic hydroxyl groups is 7. The Morgan fingerprint density at radius 2 is 1.13 bits per heavy atom. The first-order valence-electron chi connectivity index (χ1n) is 15.8. The van der Waals surface area contributed by atoms with Gasteiger partial charge in [-0.25, -0.2) is 0 Å². The highest BCUT2D eigenvalue weighted by atomic mass is 127. The lowest BCUT2D eigenvalue weighted by atomic mass is 10.1. The van der Waals surface area contributed by atoms with Crippen molar-refractivity contribution < 1.29 is 54.9 Å². The second-order valence-corrected chi connectivity index (χ2v) is 18.1. The maximum Gasteiger partial charge on any atom is 0.256 e. The molecule has 0 saturated carbocycles. The summed E-state index contributed by atoms with van der Waals surface area (Å²) in [4.78, 5) is 58.0. The predicted molar refractivity (Wildman–Crippen MR) is 254 cm³/mol. The van der Waals surface area contributed by atoms with Crippen molar-refractivity contribution in [3.63, 3.8) is 0 Å². The van der Waals surface area contributed by atoms with Gasteiger partial charge in [-0.05, 0) is 149 Å². The van der Waals surface area contributed by atoms with Gasteiger partial charge in [0.1, 0.15) is 12.6 Å². The van der Waals surface area contributed by atoms with Gasteiger partial charge in [-0.2, -0.15) is 0 Å². The van der Waals surface area contributed by atoms with Crippen molar-refractivity contribution in [2.24, 2.45) is 0 Å². The number of carbonyl (C=O) groups excluding carboxylic acids is 4. The number of carbonyl (C=O) groups is 4. The van der Waals surface area contributed by atoms with Crippen molar-refractivity contribution in [2.75, 3.05) is 85.9 Å². The molecular formula is C31H40I6N6O11. The number of nitrogens with zero attached hydrogens (tertiary/aromatic N) is 3. The van der Waals surface area contributed by atoms with Crippen LogP contribution in [0.3, 0.4) is 0 Å². The Labute approximate surface area is 393 Å². The van der Waals surface area contributed by atoms with Gasteiger partial charge in [0.2, 0.25) is 11.8 Å². The van der Waals surface area contributed by atoms with E-state index in [1.54, 1.807) is 30.7 Å². The Morgan fingerprint density at radius 1 is 0.648 bits per heavy atom. The van der Waals surface area contributed by atoms with Crippen LogP contribution in [0.2, 0.25) is 0 Å². The van der Waals surface area contributed by atoms with Crippen LogP contribution in [0.4, 0.5) is 28.4 Å². The Bertz CT molecular complexity index is 1730. The maximum absolute atomic E-state index is 14.3. The molecule has 2 aromatic carbocycles. The van der Waals surface area contributed by atoms with Crippen LogP contribution in [0.1, 0.15) is 24.2 Å². The lowest BCUT2D eigenvalue weighted by molar-refractivity contribution is -0.125. The number of rotatable bonds is 18. The molecule has 17 nitrogen and oxygen atoms in total. The molecule has 2 aromatic rings. The summed E-state index contributed by atoms with van der Waals surface area (Å²) >= 11 is 11.9. The fourth-order valence-electron chi connectivity index (χ4n) is 4.98. The smallest absolute Gasteiger partial charge is 0.256 e. The molecule has 10 N–H and O–H groups in total. The number of likely N-dealkylation sites (N-methyl/N-ethyl adjacent to an activating group) is 3. The summed E-state index contributed by atoms with van der Waals surface area (Å²) in [5, 5.41) is 76.4. The Balaban J connectivity index is 2.83. The molecule has 4 atom stereocenters. The molecular weight excluding hydrogens is 1390 g/mol. The van der Waals surface area contributed by atoms with Gasteiger partial charge in [-0.3, -0.25) is 19.2 Å². The van der Waals surface area contributed by atoms with Crippen molar-refractivity contribution in [1.29, 1.82) is 0 Å². The number of benzene rings is 2. The minimum atomic E-state index is -1.77. The third-order valence-electron chi connectivity index (χ3n) is 7.78. The van der Waals surface area contributed by atoms with Crippen LogP contribution in [-0.4, -0.2) is 149 Å². The number of halogens is 6. The molecule has 0 spiro atoms. The van der Waals surface area contributed by atoms with E-state index in [1.807, 2.05) is 136 Å². The zero-order valence-electron chi connectivity index (χ0n) is 29.1. The van der Waals surface area contributed by atoms with Crippen molar-refractivity contribution in [1.82, 2.24) is 4.90 Å². The normalized spacial score (nSPS) is 13.4. The number of hydrogen-bond acceptors (Lipinski definition) is 13. The van der Waals surface area contributed by atoms with E-state index < -0.39 is 74.4 Å². The van der Waals surface area contributed by atoms with Crippen LogP contribution in [0.5, 0.6) is 0 Å². The van der Waals surface area contributed by atoms with Gasteiger partial charge in [0.15, 0.2) is 6.10 Å². The fraction of sp³-hybridized carbons (Fsp3) is 0.484. The summed E-state index contributed by atoms with van der Waals surface area (Å²) < 4.78 is 2.64. The molecule has 0 aliphatic rings. The predicted octanol–water partition coefficient (Wildman–Crippen LogP) is 1.60. The van der Waals surface area contributed by atoms with Crippen molar-refractivity contribution in [2.45, 2.75) is 38.2 Å². The third kappa shape index (κ3) is 12.0. The SMILES string of the molecule is CCN(c1c(I)c(NC(=O)C(O)CO)c(I)c(C(=O)N(C)CC(O)CO)c1I)C(C)C(=O)Nc1c(I)c(NC(=O)CO)c(I)c(N(C)CC(O)CO)c1I. The molecule has 4 unspecified atom stereocenters. The monoisotopic (exact) mass is 1430 g/mol. The van der Waals surface area contributed by atoms with Crippen LogP contribution >= 0.6 is 136 Å². The molecule has 0 aromatic heterocycles.